The van der Waals surface area contributed by atoms with E-state index in [1.165, 1.54) is 25.3 Å². The molecule has 118 valence electrons. The van der Waals surface area contributed by atoms with E-state index in [9.17, 15) is 18.0 Å². The number of hydrogen-bond acceptors (Lipinski definition) is 6. The summed E-state index contributed by atoms with van der Waals surface area (Å²) in [7, 11) is 1.39. The lowest BCUT2D eigenvalue weighted by Gasteiger charge is -2.10. The smallest absolute Gasteiger partial charge is 0.445 e. The molecule has 0 unspecified atom stereocenters. The average molecular weight is 333 g/mol. The van der Waals surface area contributed by atoms with Crippen LogP contribution < -0.4 is 21.1 Å². The average Bonchev–Trinajstić information content (AvgIpc) is 2.89. The van der Waals surface area contributed by atoms with Gasteiger partial charge in [-0.3, -0.25) is 5.32 Å². The lowest BCUT2D eigenvalue weighted by molar-refractivity contribution is -0.138. The number of aromatic nitrogens is 2. The van der Waals surface area contributed by atoms with Crippen LogP contribution >= 0.6 is 11.3 Å². The predicted molar refractivity (Wildman–Crippen MR) is 75.0 cm³/mol. The third kappa shape index (κ3) is 3.75. The molecule has 11 heteroatoms. The summed E-state index contributed by atoms with van der Waals surface area (Å²) in [6.07, 6.45) is -4.60. The Kier molecular flexibility index (Phi) is 4.35. The van der Waals surface area contributed by atoms with Crippen LogP contribution in [0.5, 0.6) is 5.75 Å². The molecule has 0 atom stereocenters. The van der Waals surface area contributed by atoms with Crippen LogP contribution in [0, 0.1) is 0 Å². The molecule has 0 aliphatic carbocycles. The minimum absolute atomic E-state index is 0.221. The number of nitrogens with two attached hydrogens (primary N) is 1. The Hall–Kier alpha value is -2.56. The summed E-state index contributed by atoms with van der Waals surface area (Å²) in [5.74, 6) is 0.309. The molecule has 2 aromatic rings. The monoisotopic (exact) mass is 333 g/mol. The van der Waals surface area contributed by atoms with E-state index < -0.39 is 17.2 Å². The van der Waals surface area contributed by atoms with E-state index in [2.05, 4.69) is 20.8 Å². The topological polar surface area (TPSA) is 102 Å². The van der Waals surface area contributed by atoms with Gasteiger partial charge in [0, 0.05) is 11.8 Å². The van der Waals surface area contributed by atoms with Gasteiger partial charge in [-0.15, -0.1) is 10.2 Å². The highest BCUT2D eigenvalue weighted by Gasteiger charge is 2.35. The zero-order valence-corrected chi connectivity index (χ0v) is 11.9. The number of anilines is 3. The minimum Gasteiger partial charge on any atom is -0.494 e. The zero-order chi connectivity index (χ0) is 16.3. The summed E-state index contributed by atoms with van der Waals surface area (Å²) in [6, 6.07) is 3.73. The number of nitrogens with one attached hydrogen (secondary N) is 2. The summed E-state index contributed by atoms with van der Waals surface area (Å²) in [6.45, 7) is 0. The number of carbonyl (C=O) groups excluding carboxylic acids is 1. The van der Waals surface area contributed by atoms with Gasteiger partial charge in [0.25, 0.3) is 0 Å². The number of hydrogen-bond donors (Lipinski definition) is 3. The van der Waals surface area contributed by atoms with Crippen LogP contribution in [-0.4, -0.2) is 23.3 Å². The number of ether oxygens (including phenoxy) is 1. The lowest BCUT2D eigenvalue weighted by atomic mass is 10.2. The van der Waals surface area contributed by atoms with Crippen molar-refractivity contribution in [3.8, 4) is 5.75 Å². The van der Waals surface area contributed by atoms with Crippen molar-refractivity contribution < 1.29 is 22.7 Å². The first kappa shape index (κ1) is 15.8. The Morgan fingerprint density at radius 2 is 2.05 bits per heavy atom. The van der Waals surface area contributed by atoms with Gasteiger partial charge < -0.3 is 15.8 Å². The van der Waals surface area contributed by atoms with Crippen LogP contribution in [0.25, 0.3) is 0 Å². The van der Waals surface area contributed by atoms with E-state index in [1.54, 1.807) is 0 Å². The second-order valence-electron chi connectivity index (χ2n) is 3.95. The Labute approximate surface area is 126 Å². The van der Waals surface area contributed by atoms with E-state index in [4.69, 9.17) is 10.5 Å². The minimum atomic E-state index is -4.60. The Balaban J connectivity index is 2.06. The van der Waals surface area contributed by atoms with Crippen molar-refractivity contribution in [3.63, 3.8) is 0 Å². The Morgan fingerprint density at radius 3 is 2.64 bits per heavy atom. The van der Waals surface area contributed by atoms with Crippen molar-refractivity contribution >= 4 is 33.9 Å². The van der Waals surface area contributed by atoms with Gasteiger partial charge in [-0.1, -0.05) is 11.3 Å². The van der Waals surface area contributed by atoms with Crippen molar-refractivity contribution in [1.29, 1.82) is 0 Å². The molecule has 0 radical (unpaired) electrons. The van der Waals surface area contributed by atoms with Gasteiger partial charge in [-0.25, -0.2) is 4.79 Å². The van der Waals surface area contributed by atoms with E-state index in [0.717, 1.165) is 0 Å². The van der Waals surface area contributed by atoms with E-state index in [0.29, 0.717) is 17.1 Å². The van der Waals surface area contributed by atoms with Crippen molar-refractivity contribution in [2.75, 3.05) is 23.5 Å². The number of carbonyl (C=O) groups is 1. The summed E-state index contributed by atoms with van der Waals surface area (Å²) >= 11 is 0.221. The molecular weight excluding hydrogens is 323 g/mol. The van der Waals surface area contributed by atoms with Crippen molar-refractivity contribution in [1.82, 2.24) is 10.2 Å². The lowest BCUT2D eigenvalue weighted by Crippen LogP contribution is -2.19. The van der Waals surface area contributed by atoms with Gasteiger partial charge in [0.1, 0.15) is 5.75 Å². The first-order valence-electron chi connectivity index (χ1n) is 5.72. The normalized spacial score (nSPS) is 11.1. The molecule has 1 aromatic heterocycles. The first-order chi connectivity index (χ1) is 10.3. The fourth-order valence-electron chi connectivity index (χ4n) is 1.45. The molecule has 4 N–H and O–H groups in total. The highest BCUT2D eigenvalue weighted by Crippen LogP contribution is 2.33. The molecule has 0 fully saturated rings. The molecule has 1 heterocycles. The van der Waals surface area contributed by atoms with Crippen molar-refractivity contribution in [2.24, 2.45) is 0 Å². The fraction of sp³-hybridized carbons (Fsp3) is 0.182. The van der Waals surface area contributed by atoms with Gasteiger partial charge in [-0.05, 0) is 12.1 Å². The van der Waals surface area contributed by atoms with Crippen LogP contribution in [0.2, 0.25) is 0 Å². The number of alkyl halides is 3. The molecular formula is C11H10F3N5O2S. The van der Waals surface area contributed by atoms with Gasteiger partial charge >= 0.3 is 12.2 Å². The highest BCUT2D eigenvalue weighted by molar-refractivity contribution is 7.15. The van der Waals surface area contributed by atoms with E-state index in [1.807, 2.05) is 0 Å². The van der Waals surface area contributed by atoms with Gasteiger partial charge in [0.05, 0.1) is 12.8 Å². The quantitative estimate of drug-likeness (QED) is 0.750. The maximum atomic E-state index is 12.4. The fourth-order valence-corrected chi connectivity index (χ4v) is 2.06. The zero-order valence-electron chi connectivity index (χ0n) is 11.1. The third-order valence-electron chi connectivity index (χ3n) is 2.36. The van der Waals surface area contributed by atoms with Gasteiger partial charge in [-0.2, -0.15) is 13.2 Å². The number of benzene rings is 1. The summed E-state index contributed by atoms with van der Waals surface area (Å²) in [4.78, 5) is 11.7. The van der Waals surface area contributed by atoms with E-state index >= 15 is 0 Å². The number of amides is 2. The number of rotatable bonds is 3. The Morgan fingerprint density at radius 1 is 1.32 bits per heavy atom. The standard InChI is InChI=1S/C11H10F3N5O2S/c1-21-7-4-5(15)2-3-6(7)16-9(20)17-10-19-18-8(22-10)11(12,13)14/h2-4H,15H2,1H3,(H2,16,17,19,20). The van der Waals surface area contributed by atoms with Crippen LogP contribution in [-0.2, 0) is 6.18 Å². The van der Waals surface area contributed by atoms with Crippen LogP contribution in [0.4, 0.5) is 34.5 Å². The molecule has 0 aliphatic heterocycles. The summed E-state index contributed by atoms with van der Waals surface area (Å²) in [5, 5.41) is 9.34. The third-order valence-corrected chi connectivity index (χ3v) is 3.25. The molecule has 7 nitrogen and oxygen atoms in total. The molecule has 0 saturated heterocycles. The highest BCUT2D eigenvalue weighted by atomic mass is 32.1. The van der Waals surface area contributed by atoms with Gasteiger partial charge in [0.15, 0.2) is 0 Å². The predicted octanol–water partition coefficient (Wildman–Crippen LogP) is 2.79. The van der Waals surface area contributed by atoms with Crippen LogP contribution in [0.15, 0.2) is 18.2 Å². The van der Waals surface area contributed by atoms with Crippen LogP contribution in [0.3, 0.4) is 0 Å². The van der Waals surface area contributed by atoms with Crippen LogP contribution in [0.1, 0.15) is 5.01 Å². The molecule has 0 bridgehead atoms. The Bertz CT molecular complexity index is 689. The van der Waals surface area contributed by atoms with Crippen molar-refractivity contribution in [3.05, 3.63) is 23.2 Å². The maximum Gasteiger partial charge on any atom is 0.445 e. The molecule has 0 aliphatic rings. The number of urea groups is 1. The maximum absolute atomic E-state index is 12.4. The van der Waals surface area contributed by atoms with Gasteiger partial charge in [0.2, 0.25) is 10.1 Å². The number of nitrogen functional groups attached to an aromatic ring is 1. The molecule has 0 spiro atoms. The second-order valence-corrected chi connectivity index (χ2v) is 4.93. The number of methoxy groups -OCH3 is 1. The number of nitrogens with zero attached hydrogens (tertiary/aromatic N) is 2. The number of halogens is 3. The SMILES string of the molecule is COc1cc(N)ccc1NC(=O)Nc1nnc(C(F)(F)F)s1. The van der Waals surface area contributed by atoms with E-state index in [-0.39, 0.29) is 16.5 Å². The largest absolute Gasteiger partial charge is 0.494 e. The molecule has 1 aromatic carbocycles. The summed E-state index contributed by atoms with van der Waals surface area (Å²) < 4.78 is 42.1. The molecule has 22 heavy (non-hydrogen) atoms. The first-order valence-corrected chi connectivity index (χ1v) is 6.53. The molecule has 0 saturated carbocycles. The molecule has 2 amide bonds. The second kappa shape index (κ2) is 6.05. The summed E-state index contributed by atoms with van der Waals surface area (Å²) in [5.41, 5.74) is 6.30. The van der Waals surface area contributed by atoms with Crippen molar-refractivity contribution in [2.45, 2.75) is 6.18 Å². The molecule has 2 rings (SSSR count).